The van der Waals surface area contributed by atoms with Gasteiger partial charge in [0.2, 0.25) is 0 Å². The number of likely N-dealkylation sites (N-methyl/N-ethyl adjacent to an activating group) is 1. The van der Waals surface area contributed by atoms with E-state index in [4.69, 9.17) is 0 Å². The summed E-state index contributed by atoms with van der Waals surface area (Å²) in [7, 11) is 2.20. The standard InChI is InChI=1S/C18H21N5/c1-21-10-2-3-17(13-21)23-12-9-20-18(23)15-4-6-16(7-5-15)22-11-8-19-14-22/h4-9,11-12,14,17H,2-3,10,13H2,1H3. The van der Waals surface area contributed by atoms with E-state index >= 15 is 0 Å². The lowest BCUT2D eigenvalue weighted by atomic mass is 10.1. The van der Waals surface area contributed by atoms with Crippen LogP contribution in [0.5, 0.6) is 0 Å². The lowest BCUT2D eigenvalue weighted by Gasteiger charge is -2.31. The van der Waals surface area contributed by atoms with Gasteiger partial charge in [0.05, 0.1) is 6.33 Å². The fraction of sp³-hybridized carbons (Fsp3) is 0.333. The van der Waals surface area contributed by atoms with E-state index in [1.54, 1.807) is 6.20 Å². The maximum Gasteiger partial charge on any atom is 0.140 e. The van der Waals surface area contributed by atoms with Gasteiger partial charge < -0.3 is 14.0 Å². The Hall–Kier alpha value is -2.40. The second-order valence-electron chi connectivity index (χ2n) is 6.23. The van der Waals surface area contributed by atoms with Crippen LogP contribution in [0.15, 0.2) is 55.4 Å². The third-order valence-electron chi connectivity index (χ3n) is 4.59. The summed E-state index contributed by atoms with van der Waals surface area (Å²) in [6, 6.07) is 9.02. The number of piperidine rings is 1. The van der Waals surface area contributed by atoms with E-state index in [0.29, 0.717) is 6.04 Å². The monoisotopic (exact) mass is 307 g/mol. The smallest absolute Gasteiger partial charge is 0.140 e. The molecular weight excluding hydrogens is 286 g/mol. The molecule has 2 aromatic heterocycles. The van der Waals surface area contributed by atoms with Crippen LogP contribution < -0.4 is 0 Å². The highest BCUT2D eigenvalue weighted by Gasteiger charge is 2.21. The summed E-state index contributed by atoms with van der Waals surface area (Å²) >= 11 is 0. The Labute approximate surface area is 136 Å². The van der Waals surface area contributed by atoms with Gasteiger partial charge in [0, 0.05) is 48.6 Å². The number of benzene rings is 1. The molecule has 5 heteroatoms. The third-order valence-corrected chi connectivity index (χ3v) is 4.59. The maximum atomic E-state index is 4.60. The molecule has 1 fully saturated rings. The van der Waals surface area contributed by atoms with Crippen molar-refractivity contribution in [1.29, 1.82) is 0 Å². The molecule has 0 N–H and O–H groups in total. The predicted octanol–water partition coefficient (Wildman–Crippen LogP) is 3.00. The summed E-state index contributed by atoms with van der Waals surface area (Å²) in [5.74, 6) is 1.06. The van der Waals surface area contributed by atoms with Gasteiger partial charge >= 0.3 is 0 Å². The molecule has 1 aromatic carbocycles. The van der Waals surface area contributed by atoms with Crippen molar-refractivity contribution in [3.05, 3.63) is 55.4 Å². The molecule has 0 bridgehead atoms. The minimum Gasteiger partial charge on any atom is -0.327 e. The molecule has 0 radical (unpaired) electrons. The highest BCUT2D eigenvalue weighted by atomic mass is 15.2. The van der Waals surface area contributed by atoms with Crippen molar-refractivity contribution in [2.24, 2.45) is 0 Å². The van der Waals surface area contributed by atoms with Crippen LogP contribution in [0.1, 0.15) is 18.9 Å². The van der Waals surface area contributed by atoms with Crippen LogP contribution in [0.4, 0.5) is 0 Å². The van der Waals surface area contributed by atoms with Gasteiger partial charge in [-0.25, -0.2) is 9.97 Å². The number of likely N-dealkylation sites (tertiary alicyclic amines) is 1. The van der Waals surface area contributed by atoms with Gasteiger partial charge in [0.15, 0.2) is 0 Å². The molecule has 1 aliphatic heterocycles. The normalized spacial score (nSPS) is 19.1. The average Bonchev–Trinajstić information content (AvgIpc) is 3.27. The Kier molecular flexibility index (Phi) is 3.71. The number of aromatic nitrogens is 4. The fourth-order valence-corrected chi connectivity index (χ4v) is 3.39. The second-order valence-corrected chi connectivity index (χ2v) is 6.23. The Bertz CT molecular complexity index is 757. The van der Waals surface area contributed by atoms with Gasteiger partial charge in [0.25, 0.3) is 0 Å². The summed E-state index contributed by atoms with van der Waals surface area (Å²) in [6.07, 6.45) is 12.1. The van der Waals surface area contributed by atoms with E-state index in [1.165, 1.54) is 19.4 Å². The average molecular weight is 307 g/mol. The van der Waals surface area contributed by atoms with Crippen molar-refractivity contribution in [2.45, 2.75) is 18.9 Å². The molecule has 4 rings (SSSR count). The minimum atomic E-state index is 0.513. The first kappa shape index (κ1) is 14.2. The summed E-state index contributed by atoms with van der Waals surface area (Å²) < 4.78 is 4.34. The number of hydrogen-bond donors (Lipinski definition) is 0. The van der Waals surface area contributed by atoms with Crippen molar-refractivity contribution in [3.8, 4) is 17.1 Å². The topological polar surface area (TPSA) is 38.9 Å². The Morgan fingerprint density at radius 1 is 1.09 bits per heavy atom. The molecule has 0 amide bonds. The predicted molar refractivity (Wildman–Crippen MR) is 90.6 cm³/mol. The Morgan fingerprint density at radius 3 is 2.70 bits per heavy atom. The first-order chi connectivity index (χ1) is 11.3. The molecule has 1 atom stereocenters. The molecule has 3 aromatic rings. The van der Waals surface area contributed by atoms with Crippen LogP contribution in [-0.2, 0) is 0 Å². The zero-order valence-electron chi connectivity index (χ0n) is 13.3. The van der Waals surface area contributed by atoms with Crippen LogP contribution in [0.2, 0.25) is 0 Å². The number of rotatable bonds is 3. The zero-order valence-corrected chi connectivity index (χ0v) is 13.3. The summed E-state index contributed by atoms with van der Waals surface area (Å²) in [5.41, 5.74) is 2.27. The molecule has 118 valence electrons. The van der Waals surface area contributed by atoms with Gasteiger partial charge in [0.1, 0.15) is 5.82 Å². The zero-order chi connectivity index (χ0) is 15.6. The van der Waals surface area contributed by atoms with Crippen molar-refractivity contribution < 1.29 is 0 Å². The SMILES string of the molecule is CN1CCCC(n2ccnc2-c2ccc(-n3ccnc3)cc2)C1. The Morgan fingerprint density at radius 2 is 1.96 bits per heavy atom. The highest BCUT2D eigenvalue weighted by molar-refractivity contribution is 5.58. The molecule has 5 nitrogen and oxygen atoms in total. The molecule has 1 unspecified atom stereocenters. The van der Waals surface area contributed by atoms with Gasteiger partial charge in [-0.05, 0) is 50.7 Å². The molecular formula is C18H21N5. The quantitative estimate of drug-likeness (QED) is 0.746. The van der Waals surface area contributed by atoms with E-state index in [-0.39, 0.29) is 0 Å². The summed E-state index contributed by atoms with van der Waals surface area (Å²) in [4.78, 5) is 11.1. The van der Waals surface area contributed by atoms with Gasteiger partial charge in [-0.15, -0.1) is 0 Å². The van der Waals surface area contributed by atoms with Crippen molar-refractivity contribution >= 4 is 0 Å². The highest BCUT2D eigenvalue weighted by Crippen LogP contribution is 2.27. The molecule has 1 saturated heterocycles. The largest absolute Gasteiger partial charge is 0.327 e. The minimum absolute atomic E-state index is 0.513. The Balaban J connectivity index is 1.62. The molecule has 3 heterocycles. The van der Waals surface area contributed by atoms with Crippen LogP contribution in [0.3, 0.4) is 0 Å². The molecule has 23 heavy (non-hydrogen) atoms. The maximum absolute atomic E-state index is 4.60. The number of hydrogen-bond acceptors (Lipinski definition) is 3. The van der Waals surface area contributed by atoms with Crippen molar-refractivity contribution in [3.63, 3.8) is 0 Å². The summed E-state index contributed by atoms with van der Waals surface area (Å²) in [6.45, 7) is 2.29. The van der Waals surface area contributed by atoms with Gasteiger partial charge in [-0.2, -0.15) is 0 Å². The first-order valence-corrected chi connectivity index (χ1v) is 8.11. The van der Waals surface area contributed by atoms with Crippen molar-refractivity contribution in [2.75, 3.05) is 20.1 Å². The number of nitrogens with zero attached hydrogens (tertiary/aromatic N) is 5. The summed E-state index contributed by atoms with van der Waals surface area (Å²) in [5, 5.41) is 0. The molecule has 0 saturated carbocycles. The van der Waals surface area contributed by atoms with Crippen LogP contribution >= 0.6 is 0 Å². The van der Waals surface area contributed by atoms with Crippen LogP contribution in [0.25, 0.3) is 17.1 Å². The van der Waals surface area contributed by atoms with E-state index < -0.39 is 0 Å². The van der Waals surface area contributed by atoms with Gasteiger partial charge in [-0.3, -0.25) is 0 Å². The van der Waals surface area contributed by atoms with Crippen LogP contribution in [-0.4, -0.2) is 44.1 Å². The van der Waals surface area contributed by atoms with E-state index in [1.807, 2.05) is 23.3 Å². The number of imidazole rings is 2. The van der Waals surface area contributed by atoms with E-state index in [2.05, 4.69) is 56.9 Å². The molecule has 0 aliphatic carbocycles. The molecule has 1 aliphatic rings. The first-order valence-electron chi connectivity index (χ1n) is 8.11. The van der Waals surface area contributed by atoms with Crippen molar-refractivity contribution in [1.82, 2.24) is 24.0 Å². The van der Waals surface area contributed by atoms with Gasteiger partial charge in [-0.1, -0.05) is 0 Å². The molecule has 0 spiro atoms. The fourth-order valence-electron chi connectivity index (χ4n) is 3.39. The van der Waals surface area contributed by atoms with E-state index in [9.17, 15) is 0 Å². The lowest BCUT2D eigenvalue weighted by Crippen LogP contribution is -2.33. The van der Waals surface area contributed by atoms with E-state index in [0.717, 1.165) is 23.6 Å². The second kappa shape index (κ2) is 6.01. The third kappa shape index (κ3) is 2.80. The van der Waals surface area contributed by atoms with Crippen LogP contribution in [0, 0.1) is 0 Å². The lowest BCUT2D eigenvalue weighted by molar-refractivity contribution is 0.213.